The monoisotopic (exact) mass is 154 g/mol. The molecule has 0 aliphatic carbocycles. The number of Topliss-reactive ketones (excluding diaryl/α,β-unsaturated/α-hetero) is 1. The molecule has 1 rings (SSSR count). The van der Waals surface area contributed by atoms with Crippen LogP contribution in [0.15, 0.2) is 12.7 Å². The van der Waals surface area contributed by atoms with Gasteiger partial charge in [-0.05, 0) is 13.3 Å². The van der Waals surface area contributed by atoms with E-state index in [1.54, 1.807) is 13.0 Å². The third-order valence-corrected chi connectivity index (χ3v) is 1.72. The van der Waals surface area contributed by atoms with E-state index in [1.807, 2.05) is 0 Å². The summed E-state index contributed by atoms with van der Waals surface area (Å²) in [6, 6.07) is 0. The van der Waals surface area contributed by atoms with E-state index in [9.17, 15) is 9.59 Å². The summed E-state index contributed by atoms with van der Waals surface area (Å²) in [5, 5.41) is 0. The molecule has 0 aromatic carbocycles. The molecule has 0 radical (unpaired) electrons. The molecule has 0 saturated carbocycles. The van der Waals surface area contributed by atoms with Crippen LogP contribution >= 0.6 is 0 Å². The fraction of sp³-hybridized carbons (Fsp3) is 0.500. The highest BCUT2D eigenvalue weighted by molar-refractivity contribution is 6.06. The van der Waals surface area contributed by atoms with Crippen LogP contribution < -0.4 is 0 Å². The van der Waals surface area contributed by atoms with Gasteiger partial charge in [0, 0.05) is 0 Å². The van der Waals surface area contributed by atoms with Crippen LogP contribution in [0.5, 0.6) is 0 Å². The van der Waals surface area contributed by atoms with Crippen molar-refractivity contribution in [3.05, 3.63) is 12.7 Å². The van der Waals surface area contributed by atoms with E-state index in [-0.39, 0.29) is 5.78 Å². The average Bonchev–Trinajstić information content (AvgIpc) is 2.17. The Bertz CT molecular complexity index is 207. The summed E-state index contributed by atoms with van der Waals surface area (Å²) < 4.78 is 4.70. The van der Waals surface area contributed by atoms with Crippen LogP contribution in [0, 0.1) is 5.92 Å². The summed E-state index contributed by atoms with van der Waals surface area (Å²) in [4.78, 5) is 22.0. The van der Waals surface area contributed by atoms with Crippen LogP contribution in [0.1, 0.15) is 13.3 Å². The molecule has 1 aliphatic heterocycles. The van der Waals surface area contributed by atoms with E-state index < -0.39 is 18.0 Å². The zero-order valence-corrected chi connectivity index (χ0v) is 6.37. The average molecular weight is 154 g/mol. The van der Waals surface area contributed by atoms with Gasteiger partial charge in [-0.2, -0.15) is 0 Å². The SMILES string of the molecule is C=CCC1C(=O)O[C@@H](C)C1=O. The van der Waals surface area contributed by atoms with Crippen molar-refractivity contribution in [3.8, 4) is 0 Å². The van der Waals surface area contributed by atoms with Gasteiger partial charge in [0.2, 0.25) is 0 Å². The van der Waals surface area contributed by atoms with E-state index in [1.165, 1.54) is 0 Å². The summed E-state index contributed by atoms with van der Waals surface area (Å²) in [7, 11) is 0. The van der Waals surface area contributed by atoms with Gasteiger partial charge in [0.25, 0.3) is 0 Å². The van der Waals surface area contributed by atoms with Crippen LogP contribution in [-0.4, -0.2) is 17.9 Å². The number of carbonyl (C=O) groups is 2. The van der Waals surface area contributed by atoms with Crippen molar-refractivity contribution in [2.24, 2.45) is 5.92 Å². The molecule has 0 aromatic heterocycles. The fourth-order valence-electron chi connectivity index (χ4n) is 1.09. The van der Waals surface area contributed by atoms with Crippen molar-refractivity contribution in [2.75, 3.05) is 0 Å². The first kappa shape index (κ1) is 7.98. The second-order valence-electron chi connectivity index (χ2n) is 2.56. The zero-order chi connectivity index (χ0) is 8.43. The Labute approximate surface area is 65.0 Å². The highest BCUT2D eigenvalue weighted by Crippen LogP contribution is 2.19. The van der Waals surface area contributed by atoms with Crippen molar-refractivity contribution in [1.29, 1.82) is 0 Å². The third-order valence-electron chi connectivity index (χ3n) is 1.72. The summed E-state index contributed by atoms with van der Waals surface area (Å²) >= 11 is 0. The molecule has 2 atom stereocenters. The maximum atomic E-state index is 11.1. The third kappa shape index (κ3) is 1.31. The summed E-state index contributed by atoms with van der Waals surface area (Å²) in [6.07, 6.45) is 1.39. The van der Waals surface area contributed by atoms with E-state index in [4.69, 9.17) is 4.74 Å². The molecule has 0 spiro atoms. The number of rotatable bonds is 2. The first-order valence-electron chi connectivity index (χ1n) is 3.52. The maximum Gasteiger partial charge on any atom is 0.317 e. The summed E-state index contributed by atoms with van der Waals surface area (Å²) in [5.41, 5.74) is 0. The lowest BCUT2D eigenvalue weighted by atomic mass is 10.0. The highest BCUT2D eigenvalue weighted by atomic mass is 16.6. The van der Waals surface area contributed by atoms with E-state index in [0.29, 0.717) is 6.42 Å². The Balaban J connectivity index is 2.71. The number of hydrogen-bond donors (Lipinski definition) is 0. The van der Waals surface area contributed by atoms with Crippen LogP contribution in [0.4, 0.5) is 0 Å². The largest absolute Gasteiger partial charge is 0.454 e. The molecule has 1 aliphatic rings. The Hall–Kier alpha value is -1.12. The molecule has 1 unspecified atom stereocenters. The normalized spacial score (nSPS) is 30.3. The summed E-state index contributed by atoms with van der Waals surface area (Å²) in [6.45, 7) is 5.04. The molecule has 0 aromatic rings. The maximum absolute atomic E-state index is 11.1. The number of carbonyl (C=O) groups excluding carboxylic acids is 2. The molecule has 60 valence electrons. The number of allylic oxidation sites excluding steroid dienone is 1. The molecule has 0 amide bonds. The minimum Gasteiger partial charge on any atom is -0.454 e. The second-order valence-corrected chi connectivity index (χ2v) is 2.56. The topological polar surface area (TPSA) is 43.4 Å². The molecule has 3 heteroatoms. The minimum absolute atomic E-state index is 0.130. The quantitative estimate of drug-likeness (QED) is 0.334. The zero-order valence-electron chi connectivity index (χ0n) is 6.37. The van der Waals surface area contributed by atoms with Gasteiger partial charge in [-0.25, -0.2) is 0 Å². The van der Waals surface area contributed by atoms with Crippen LogP contribution in [-0.2, 0) is 14.3 Å². The number of esters is 1. The van der Waals surface area contributed by atoms with E-state index in [2.05, 4.69) is 6.58 Å². The lowest BCUT2D eigenvalue weighted by Crippen LogP contribution is -2.17. The second kappa shape index (κ2) is 2.86. The molecule has 0 N–H and O–H groups in total. The Kier molecular flexibility index (Phi) is 2.08. The van der Waals surface area contributed by atoms with E-state index >= 15 is 0 Å². The smallest absolute Gasteiger partial charge is 0.317 e. The molecular weight excluding hydrogens is 144 g/mol. The van der Waals surface area contributed by atoms with Gasteiger partial charge in [-0.3, -0.25) is 9.59 Å². The van der Waals surface area contributed by atoms with Gasteiger partial charge < -0.3 is 4.74 Å². The van der Waals surface area contributed by atoms with Gasteiger partial charge in [0.1, 0.15) is 5.92 Å². The van der Waals surface area contributed by atoms with Crippen molar-refractivity contribution >= 4 is 11.8 Å². The fourth-order valence-corrected chi connectivity index (χ4v) is 1.09. The minimum atomic E-state index is -0.595. The predicted molar refractivity (Wildman–Crippen MR) is 38.9 cm³/mol. The van der Waals surface area contributed by atoms with Gasteiger partial charge in [-0.15, -0.1) is 6.58 Å². The van der Waals surface area contributed by atoms with Crippen molar-refractivity contribution < 1.29 is 14.3 Å². The van der Waals surface area contributed by atoms with Crippen molar-refractivity contribution in [2.45, 2.75) is 19.4 Å². The standard InChI is InChI=1S/C8H10O3/c1-3-4-6-7(9)5(2)11-8(6)10/h3,5-6H,1,4H2,2H3/t5-,6?/m0/s1. The molecule has 1 fully saturated rings. The number of ketones is 1. The van der Waals surface area contributed by atoms with Crippen LogP contribution in [0.25, 0.3) is 0 Å². The van der Waals surface area contributed by atoms with Crippen LogP contribution in [0.2, 0.25) is 0 Å². The Morgan fingerprint density at radius 1 is 1.64 bits per heavy atom. The molecule has 3 nitrogen and oxygen atoms in total. The number of hydrogen-bond acceptors (Lipinski definition) is 3. The molecule has 1 saturated heterocycles. The molecular formula is C8H10O3. The van der Waals surface area contributed by atoms with Gasteiger partial charge in [0.05, 0.1) is 0 Å². The summed E-state index contributed by atoms with van der Waals surface area (Å²) in [5.74, 6) is -1.14. The lowest BCUT2D eigenvalue weighted by Gasteiger charge is -1.96. The number of cyclic esters (lactones) is 1. The molecule has 1 heterocycles. The van der Waals surface area contributed by atoms with Gasteiger partial charge >= 0.3 is 5.97 Å². The van der Waals surface area contributed by atoms with Crippen LogP contribution in [0.3, 0.4) is 0 Å². The first-order valence-corrected chi connectivity index (χ1v) is 3.52. The first-order chi connectivity index (χ1) is 5.16. The predicted octanol–water partition coefficient (Wildman–Crippen LogP) is 0.693. The van der Waals surface area contributed by atoms with Crippen molar-refractivity contribution in [3.63, 3.8) is 0 Å². The van der Waals surface area contributed by atoms with Gasteiger partial charge in [0.15, 0.2) is 11.9 Å². The van der Waals surface area contributed by atoms with E-state index in [0.717, 1.165) is 0 Å². The Morgan fingerprint density at radius 3 is 2.64 bits per heavy atom. The Morgan fingerprint density at radius 2 is 2.27 bits per heavy atom. The lowest BCUT2D eigenvalue weighted by molar-refractivity contribution is -0.143. The number of ether oxygens (including phenoxy) is 1. The molecule has 0 bridgehead atoms. The highest BCUT2D eigenvalue weighted by Gasteiger charge is 2.39. The van der Waals surface area contributed by atoms with Gasteiger partial charge in [-0.1, -0.05) is 6.08 Å². The van der Waals surface area contributed by atoms with Crippen molar-refractivity contribution in [1.82, 2.24) is 0 Å². The molecule has 11 heavy (non-hydrogen) atoms.